The summed E-state index contributed by atoms with van der Waals surface area (Å²) in [5, 5.41) is 7.72. The molecule has 3 aromatic rings. The number of benzene rings is 3. The SMILES string of the molecule is S=C(NCC(c1ccccc1)c1ccccc1)Nc1ccc(Br)c(Cl)c1. The van der Waals surface area contributed by atoms with Crippen molar-refractivity contribution < 1.29 is 0 Å². The minimum atomic E-state index is 0.214. The molecule has 0 unspecified atom stereocenters. The Bertz CT molecular complexity index is 832. The summed E-state index contributed by atoms with van der Waals surface area (Å²) in [5.74, 6) is 0.214. The first kappa shape index (κ1) is 18.9. The fraction of sp³-hybridized carbons (Fsp3) is 0.0952. The Morgan fingerprint density at radius 3 is 2.04 bits per heavy atom. The van der Waals surface area contributed by atoms with Gasteiger partial charge >= 0.3 is 0 Å². The predicted octanol–water partition coefficient (Wildman–Crippen LogP) is 6.22. The second kappa shape index (κ2) is 9.17. The molecule has 0 saturated carbocycles. The van der Waals surface area contributed by atoms with E-state index in [1.807, 2.05) is 30.3 Å². The van der Waals surface area contributed by atoms with Crippen LogP contribution in [0.1, 0.15) is 17.0 Å². The van der Waals surface area contributed by atoms with Crippen molar-refractivity contribution in [2.45, 2.75) is 5.92 Å². The number of rotatable bonds is 5. The molecule has 2 N–H and O–H groups in total. The number of hydrogen-bond acceptors (Lipinski definition) is 1. The molecule has 132 valence electrons. The van der Waals surface area contributed by atoms with Crippen molar-refractivity contribution in [3.8, 4) is 0 Å². The van der Waals surface area contributed by atoms with E-state index in [0.29, 0.717) is 16.7 Å². The minimum absolute atomic E-state index is 0.214. The van der Waals surface area contributed by atoms with Gasteiger partial charge in [0, 0.05) is 22.6 Å². The second-order valence-corrected chi connectivity index (χ2v) is 7.51. The fourth-order valence-corrected chi connectivity index (χ4v) is 3.37. The number of halogens is 2. The van der Waals surface area contributed by atoms with Crippen molar-refractivity contribution in [1.29, 1.82) is 0 Å². The van der Waals surface area contributed by atoms with E-state index < -0.39 is 0 Å². The first-order valence-corrected chi connectivity index (χ1v) is 9.81. The zero-order chi connectivity index (χ0) is 18.4. The zero-order valence-electron chi connectivity index (χ0n) is 14.0. The largest absolute Gasteiger partial charge is 0.361 e. The van der Waals surface area contributed by atoms with E-state index in [1.54, 1.807) is 0 Å². The first-order valence-electron chi connectivity index (χ1n) is 8.23. The highest BCUT2D eigenvalue weighted by molar-refractivity contribution is 9.10. The van der Waals surface area contributed by atoms with E-state index in [0.717, 1.165) is 10.2 Å². The molecule has 0 aliphatic rings. The third-order valence-corrected chi connectivity index (χ3v) is 5.53. The molecule has 0 spiro atoms. The van der Waals surface area contributed by atoms with Crippen LogP contribution < -0.4 is 10.6 Å². The van der Waals surface area contributed by atoms with Crippen LogP contribution in [0.3, 0.4) is 0 Å². The van der Waals surface area contributed by atoms with Gasteiger partial charge in [-0.05, 0) is 57.5 Å². The van der Waals surface area contributed by atoms with Gasteiger partial charge < -0.3 is 10.6 Å². The summed E-state index contributed by atoms with van der Waals surface area (Å²) < 4.78 is 0.858. The summed E-state index contributed by atoms with van der Waals surface area (Å²) in [6.45, 7) is 0.699. The molecule has 0 atom stereocenters. The molecule has 0 fully saturated rings. The molecule has 0 radical (unpaired) electrons. The van der Waals surface area contributed by atoms with Crippen LogP contribution in [0.15, 0.2) is 83.3 Å². The highest BCUT2D eigenvalue weighted by Crippen LogP contribution is 2.26. The van der Waals surface area contributed by atoms with E-state index in [1.165, 1.54) is 11.1 Å². The third-order valence-electron chi connectivity index (χ3n) is 4.05. The van der Waals surface area contributed by atoms with Crippen molar-refractivity contribution in [3.05, 3.63) is 99.5 Å². The second-order valence-electron chi connectivity index (χ2n) is 5.84. The van der Waals surface area contributed by atoms with Gasteiger partial charge in [0.05, 0.1) is 5.02 Å². The monoisotopic (exact) mass is 444 g/mol. The van der Waals surface area contributed by atoms with Crippen LogP contribution in [0.25, 0.3) is 0 Å². The average molecular weight is 446 g/mol. The Hall–Kier alpha value is -1.88. The molecule has 3 aromatic carbocycles. The lowest BCUT2D eigenvalue weighted by Gasteiger charge is -2.20. The van der Waals surface area contributed by atoms with Crippen molar-refractivity contribution in [1.82, 2.24) is 5.32 Å². The smallest absolute Gasteiger partial charge is 0.170 e. The average Bonchev–Trinajstić information content (AvgIpc) is 2.67. The molecular formula is C21H18BrClN2S. The molecule has 0 heterocycles. The highest BCUT2D eigenvalue weighted by Gasteiger charge is 2.14. The summed E-state index contributed by atoms with van der Waals surface area (Å²) in [5.41, 5.74) is 3.35. The van der Waals surface area contributed by atoms with Crippen LogP contribution in [-0.2, 0) is 0 Å². The fourth-order valence-electron chi connectivity index (χ4n) is 2.74. The molecule has 5 heteroatoms. The Morgan fingerprint density at radius 2 is 1.50 bits per heavy atom. The zero-order valence-corrected chi connectivity index (χ0v) is 17.1. The van der Waals surface area contributed by atoms with Crippen LogP contribution >= 0.6 is 39.7 Å². The maximum atomic E-state index is 6.13. The van der Waals surface area contributed by atoms with Crippen LogP contribution in [0.4, 0.5) is 5.69 Å². The molecule has 0 amide bonds. The Kier molecular flexibility index (Phi) is 6.67. The summed E-state index contributed by atoms with van der Waals surface area (Å²) >= 11 is 15.0. The van der Waals surface area contributed by atoms with Crippen LogP contribution in [0.5, 0.6) is 0 Å². The predicted molar refractivity (Wildman–Crippen MR) is 118 cm³/mol. The normalized spacial score (nSPS) is 10.6. The van der Waals surface area contributed by atoms with Crippen molar-refractivity contribution in [2.75, 3.05) is 11.9 Å². The van der Waals surface area contributed by atoms with Gasteiger partial charge in [0.25, 0.3) is 0 Å². The summed E-state index contributed by atoms with van der Waals surface area (Å²) in [7, 11) is 0. The van der Waals surface area contributed by atoms with Gasteiger partial charge in [-0.2, -0.15) is 0 Å². The molecule has 0 bridgehead atoms. The van der Waals surface area contributed by atoms with Crippen LogP contribution in [0.2, 0.25) is 5.02 Å². The van der Waals surface area contributed by atoms with E-state index >= 15 is 0 Å². The maximum absolute atomic E-state index is 6.13. The molecule has 0 aliphatic heterocycles. The number of thiocarbonyl (C=S) groups is 1. The van der Waals surface area contributed by atoms with Crippen LogP contribution in [-0.4, -0.2) is 11.7 Å². The van der Waals surface area contributed by atoms with Crippen molar-refractivity contribution in [3.63, 3.8) is 0 Å². The lowest BCUT2D eigenvalue weighted by Crippen LogP contribution is -2.32. The molecule has 2 nitrogen and oxygen atoms in total. The summed E-state index contributed by atoms with van der Waals surface area (Å²) in [6, 6.07) is 26.5. The van der Waals surface area contributed by atoms with Crippen LogP contribution in [0, 0.1) is 0 Å². The van der Waals surface area contributed by atoms with Gasteiger partial charge in [0.1, 0.15) is 0 Å². The van der Waals surface area contributed by atoms with Crippen molar-refractivity contribution in [2.24, 2.45) is 0 Å². The van der Waals surface area contributed by atoms with Crippen molar-refractivity contribution >= 4 is 50.5 Å². The Labute approximate surface area is 172 Å². The Balaban J connectivity index is 1.69. The lowest BCUT2D eigenvalue weighted by molar-refractivity contribution is 0.761. The summed E-state index contributed by atoms with van der Waals surface area (Å²) in [6.07, 6.45) is 0. The van der Waals surface area contributed by atoms with E-state index in [4.69, 9.17) is 23.8 Å². The number of nitrogens with one attached hydrogen (secondary N) is 2. The molecule has 0 aliphatic carbocycles. The molecular weight excluding hydrogens is 428 g/mol. The molecule has 0 aromatic heterocycles. The van der Waals surface area contributed by atoms with E-state index in [-0.39, 0.29) is 5.92 Å². The third kappa shape index (κ3) is 5.07. The highest BCUT2D eigenvalue weighted by atomic mass is 79.9. The van der Waals surface area contributed by atoms with Gasteiger partial charge in [0.2, 0.25) is 0 Å². The number of hydrogen-bond donors (Lipinski definition) is 2. The van der Waals surface area contributed by atoms with Gasteiger partial charge in [-0.3, -0.25) is 0 Å². The molecule has 26 heavy (non-hydrogen) atoms. The molecule has 3 rings (SSSR count). The molecule has 0 saturated heterocycles. The standard InChI is InChI=1S/C21H18BrClN2S/c22-19-12-11-17(13-20(19)23)25-21(26)24-14-18(15-7-3-1-4-8-15)16-9-5-2-6-10-16/h1-13,18H,14H2,(H2,24,25,26). The number of anilines is 1. The quantitative estimate of drug-likeness (QED) is 0.456. The van der Waals surface area contributed by atoms with E-state index in [2.05, 4.69) is 75.1 Å². The lowest BCUT2D eigenvalue weighted by atomic mass is 9.91. The minimum Gasteiger partial charge on any atom is -0.361 e. The van der Waals surface area contributed by atoms with Gasteiger partial charge in [-0.25, -0.2) is 0 Å². The van der Waals surface area contributed by atoms with Gasteiger partial charge in [0.15, 0.2) is 5.11 Å². The Morgan fingerprint density at radius 1 is 0.923 bits per heavy atom. The maximum Gasteiger partial charge on any atom is 0.170 e. The topological polar surface area (TPSA) is 24.1 Å². The summed E-state index contributed by atoms with van der Waals surface area (Å²) in [4.78, 5) is 0. The van der Waals surface area contributed by atoms with E-state index in [9.17, 15) is 0 Å². The van der Waals surface area contributed by atoms with Gasteiger partial charge in [-0.15, -0.1) is 0 Å². The first-order chi connectivity index (χ1) is 12.6. The van der Waals surface area contributed by atoms with Gasteiger partial charge in [-0.1, -0.05) is 72.3 Å².